The summed E-state index contributed by atoms with van der Waals surface area (Å²) in [6.45, 7) is 0.965. The highest BCUT2D eigenvalue weighted by atomic mass is 15.1. The van der Waals surface area contributed by atoms with Gasteiger partial charge >= 0.3 is 0 Å². The molecule has 0 unspecified atom stereocenters. The van der Waals surface area contributed by atoms with Crippen LogP contribution >= 0.6 is 0 Å². The van der Waals surface area contributed by atoms with Crippen molar-refractivity contribution < 1.29 is 0 Å². The molecule has 1 N–H and O–H groups in total. The van der Waals surface area contributed by atoms with Crippen molar-refractivity contribution in [1.82, 2.24) is 0 Å². The minimum Gasteiger partial charge on any atom is -0.376 e. The maximum Gasteiger partial charge on any atom is 0.101 e. The predicted octanol–water partition coefficient (Wildman–Crippen LogP) is 2.75. The van der Waals surface area contributed by atoms with Gasteiger partial charge in [0, 0.05) is 27.1 Å². The van der Waals surface area contributed by atoms with Crippen LogP contribution in [0.1, 0.15) is 19.3 Å². The monoisotopic (exact) mass is 217 g/mol. The molecule has 1 aliphatic heterocycles. The Kier molecular flexibility index (Phi) is 3.44. The van der Waals surface area contributed by atoms with Crippen LogP contribution in [0.2, 0.25) is 0 Å². The van der Waals surface area contributed by atoms with Crippen LogP contribution in [0.4, 0.5) is 11.4 Å². The predicted molar refractivity (Wildman–Crippen MR) is 70.5 cm³/mol. The van der Waals surface area contributed by atoms with Gasteiger partial charge in [-0.15, -0.1) is 0 Å². The minimum atomic E-state index is 0.965. The molecule has 3 heteroatoms. The van der Waals surface area contributed by atoms with E-state index in [1.165, 1.54) is 18.5 Å². The first-order chi connectivity index (χ1) is 7.77. The number of anilines is 2. The molecule has 0 bridgehead atoms. The summed E-state index contributed by atoms with van der Waals surface area (Å²) in [5.41, 5.74) is 2.35. The Morgan fingerprint density at radius 2 is 2.00 bits per heavy atom. The second-order valence-corrected chi connectivity index (χ2v) is 4.32. The van der Waals surface area contributed by atoms with Gasteiger partial charge in [-0.1, -0.05) is 12.1 Å². The first-order valence-corrected chi connectivity index (χ1v) is 5.84. The van der Waals surface area contributed by atoms with Crippen LogP contribution in [0.25, 0.3) is 0 Å². The average Bonchev–Trinajstić information content (AvgIpc) is 2.31. The molecule has 0 radical (unpaired) electrons. The van der Waals surface area contributed by atoms with Crippen LogP contribution in [0, 0.1) is 0 Å². The highest BCUT2D eigenvalue weighted by molar-refractivity contribution is 5.98. The average molecular weight is 217 g/mol. The molecule has 3 nitrogen and oxygen atoms in total. The fraction of sp³-hybridized carbons (Fsp3) is 0.462. The normalized spacial score (nSPS) is 15.5. The molecule has 0 atom stereocenters. The standard InChI is InChI=1S/C13H19N3/c1-16(2)12-8-4-3-7-11(12)15-13-9-5-6-10-14-13/h3-4,7-8H,5-6,9-10H2,1-2H3,(H,14,15). The van der Waals surface area contributed by atoms with Gasteiger partial charge in [-0.25, -0.2) is 0 Å². The second-order valence-electron chi connectivity index (χ2n) is 4.32. The maximum absolute atomic E-state index is 4.51. The van der Waals surface area contributed by atoms with Gasteiger partial charge in [0.25, 0.3) is 0 Å². The van der Waals surface area contributed by atoms with E-state index in [0.717, 1.165) is 24.5 Å². The summed E-state index contributed by atoms with van der Waals surface area (Å²) in [6.07, 6.45) is 3.54. The second kappa shape index (κ2) is 5.01. The lowest BCUT2D eigenvalue weighted by Crippen LogP contribution is -2.19. The molecule has 0 aliphatic carbocycles. The lowest BCUT2D eigenvalue weighted by Gasteiger charge is -2.20. The molecule has 0 saturated heterocycles. The molecule has 16 heavy (non-hydrogen) atoms. The lowest BCUT2D eigenvalue weighted by atomic mass is 10.1. The zero-order valence-electron chi connectivity index (χ0n) is 10.0. The Balaban J connectivity index is 2.17. The Morgan fingerprint density at radius 3 is 2.69 bits per heavy atom. The fourth-order valence-corrected chi connectivity index (χ4v) is 1.92. The van der Waals surface area contributed by atoms with E-state index in [0.29, 0.717) is 0 Å². The molecule has 2 rings (SSSR count). The number of para-hydroxylation sites is 2. The van der Waals surface area contributed by atoms with Crippen molar-refractivity contribution in [3.8, 4) is 0 Å². The number of nitrogens with zero attached hydrogens (tertiary/aromatic N) is 2. The molecule has 0 saturated carbocycles. The van der Waals surface area contributed by atoms with E-state index in [-0.39, 0.29) is 0 Å². The van der Waals surface area contributed by atoms with Gasteiger partial charge in [0.2, 0.25) is 0 Å². The third kappa shape index (κ3) is 2.54. The first kappa shape index (κ1) is 11.0. The van der Waals surface area contributed by atoms with Crippen molar-refractivity contribution in [1.29, 1.82) is 0 Å². The van der Waals surface area contributed by atoms with Gasteiger partial charge in [0.1, 0.15) is 5.84 Å². The molecule has 1 heterocycles. The topological polar surface area (TPSA) is 27.6 Å². The summed E-state index contributed by atoms with van der Waals surface area (Å²) >= 11 is 0. The van der Waals surface area contributed by atoms with Gasteiger partial charge in [-0.2, -0.15) is 0 Å². The third-order valence-corrected chi connectivity index (χ3v) is 2.79. The molecular weight excluding hydrogens is 198 g/mol. The Hall–Kier alpha value is -1.51. The van der Waals surface area contributed by atoms with Crippen LogP contribution in [0.3, 0.4) is 0 Å². The van der Waals surface area contributed by atoms with Gasteiger partial charge in [0.15, 0.2) is 0 Å². The van der Waals surface area contributed by atoms with Gasteiger partial charge in [-0.05, 0) is 25.0 Å². The number of hydrogen-bond acceptors (Lipinski definition) is 3. The molecule has 86 valence electrons. The van der Waals surface area contributed by atoms with Crippen molar-refractivity contribution in [3.63, 3.8) is 0 Å². The summed E-state index contributed by atoms with van der Waals surface area (Å²) in [7, 11) is 4.12. The van der Waals surface area contributed by atoms with E-state index >= 15 is 0 Å². The quantitative estimate of drug-likeness (QED) is 0.825. The van der Waals surface area contributed by atoms with E-state index in [9.17, 15) is 0 Å². The smallest absolute Gasteiger partial charge is 0.101 e. The Labute approximate surface area is 97.2 Å². The van der Waals surface area contributed by atoms with E-state index in [1.54, 1.807) is 0 Å². The molecular formula is C13H19N3. The number of nitrogens with one attached hydrogen (secondary N) is 1. The van der Waals surface area contributed by atoms with Crippen molar-refractivity contribution in [2.24, 2.45) is 4.99 Å². The van der Waals surface area contributed by atoms with Crippen molar-refractivity contribution in [3.05, 3.63) is 24.3 Å². The van der Waals surface area contributed by atoms with E-state index in [1.807, 2.05) is 0 Å². The Bertz CT molecular complexity index is 383. The molecule has 1 aliphatic rings. The first-order valence-electron chi connectivity index (χ1n) is 5.84. The van der Waals surface area contributed by atoms with Crippen LogP contribution in [0.15, 0.2) is 29.3 Å². The van der Waals surface area contributed by atoms with Gasteiger partial charge in [-0.3, -0.25) is 4.99 Å². The maximum atomic E-state index is 4.51. The van der Waals surface area contributed by atoms with Gasteiger partial charge < -0.3 is 10.2 Å². The Morgan fingerprint density at radius 1 is 1.19 bits per heavy atom. The number of benzene rings is 1. The van der Waals surface area contributed by atoms with Crippen molar-refractivity contribution in [2.75, 3.05) is 30.9 Å². The van der Waals surface area contributed by atoms with Gasteiger partial charge in [0.05, 0.1) is 11.4 Å². The van der Waals surface area contributed by atoms with E-state index in [4.69, 9.17) is 0 Å². The molecule has 0 amide bonds. The highest BCUT2D eigenvalue weighted by Gasteiger charge is 2.08. The van der Waals surface area contributed by atoms with Crippen molar-refractivity contribution >= 4 is 17.2 Å². The molecule has 0 aromatic heterocycles. The zero-order chi connectivity index (χ0) is 11.4. The molecule has 0 spiro atoms. The zero-order valence-corrected chi connectivity index (χ0v) is 10.0. The summed E-state index contributed by atoms with van der Waals surface area (Å²) in [5, 5.41) is 3.44. The summed E-state index contributed by atoms with van der Waals surface area (Å²) in [5.74, 6) is 1.13. The van der Waals surface area contributed by atoms with Crippen molar-refractivity contribution in [2.45, 2.75) is 19.3 Å². The molecule has 1 aromatic rings. The molecule has 1 aromatic carbocycles. The number of rotatable bonds is 2. The summed E-state index contributed by atoms with van der Waals surface area (Å²) < 4.78 is 0. The van der Waals surface area contributed by atoms with Crippen LogP contribution in [-0.4, -0.2) is 26.5 Å². The highest BCUT2D eigenvalue weighted by Crippen LogP contribution is 2.24. The largest absolute Gasteiger partial charge is 0.376 e. The minimum absolute atomic E-state index is 0.965. The number of aliphatic imine (C=N–C) groups is 1. The SMILES string of the molecule is CN(C)c1ccccc1NC1=NCCCC1. The van der Waals surface area contributed by atoms with Crippen LogP contribution in [0.5, 0.6) is 0 Å². The number of amidine groups is 1. The third-order valence-electron chi connectivity index (χ3n) is 2.79. The van der Waals surface area contributed by atoms with E-state index in [2.05, 4.69) is 53.6 Å². The van der Waals surface area contributed by atoms with Crippen LogP contribution < -0.4 is 10.2 Å². The van der Waals surface area contributed by atoms with Crippen LogP contribution in [-0.2, 0) is 0 Å². The fourth-order valence-electron chi connectivity index (χ4n) is 1.92. The summed E-state index contributed by atoms with van der Waals surface area (Å²) in [4.78, 5) is 6.63. The molecule has 0 fully saturated rings. The number of hydrogen-bond donors (Lipinski definition) is 1. The summed E-state index contributed by atoms with van der Waals surface area (Å²) in [6, 6.07) is 8.33. The lowest BCUT2D eigenvalue weighted by molar-refractivity contribution is 0.737. The van der Waals surface area contributed by atoms with E-state index < -0.39 is 0 Å².